The Labute approximate surface area is 200 Å². The minimum absolute atomic E-state index is 0.271. The number of fused-ring (bicyclic) bond motifs is 3. The summed E-state index contributed by atoms with van der Waals surface area (Å²) in [5.74, 6) is 0.204. The van der Waals surface area contributed by atoms with Crippen molar-refractivity contribution in [2.45, 2.75) is 13.5 Å². The lowest BCUT2D eigenvalue weighted by atomic mass is 10.2. The molecule has 8 heteroatoms. The number of amides is 1. The number of hydrogen-bond acceptors (Lipinski definition) is 4. The van der Waals surface area contributed by atoms with E-state index in [0.29, 0.717) is 33.5 Å². The largest absolute Gasteiger partial charge is 0.497 e. The second-order valence-corrected chi connectivity index (χ2v) is 8.40. The van der Waals surface area contributed by atoms with Gasteiger partial charge in [0, 0.05) is 18.1 Å². The van der Waals surface area contributed by atoms with E-state index in [1.807, 2.05) is 31.2 Å². The zero-order valence-corrected chi connectivity index (χ0v) is 19.6. The molecule has 0 aliphatic rings. The van der Waals surface area contributed by atoms with Crippen LogP contribution in [0.3, 0.4) is 0 Å². The molecule has 2 aromatic heterocycles. The monoisotopic (exact) mass is 468 g/mol. The number of hydrogen-bond donors (Lipinski definition) is 1. The molecule has 0 unspecified atom stereocenters. The SMILES string of the molecule is COc1ccc2c(c1)c1c(c(=O)n(-c3ccccc3)c(=O)n1CC(=O)Nc1ccc(C)cc1)n2C. The molecule has 3 aromatic carbocycles. The van der Waals surface area contributed by atoms with Gasteiger partial charge in [-0.15, -0.1) is 0 Å². The van der Waals surface area contributed by atoms with Gasteiger partial charge in [0.05, 0.1) is 23.8 Å². The summed E-state index contributed by atoms with van der Waals surface area (Å²) in [6, 6.07) is 21.5. The van der Waals surface area contributed by atoms with Gasteiger partial charge in [0.2, 0.25) is 5.91 Å². The molecule has 5 aromatic rings. The van der Waals surface area contributed by atoms with E-state index < -0.39 is 11.2 Å². The smallest absolute Gasteiger partial charge is 0.336 e. The Balaban J connectivity index is 1.77. The van der Waals surface area contributed by atoms with E-state index in [2.05, 4.69) is 5.32 Å². The minimum atomic E-state index is -0.594. The zero-order chi connectivity index (χ0) is 24.7. The molecular formula is C27H24N4O4. The van der Waals surface area contributed by atoms with Crippen LogP contribution in [-0.2, 0) is 18.4 Å². The lowest BCUT2D eigenvalue weighted by Crippen LogP contribution is -2.41. The summed E-state index contributed by atoms with van der Waals surface area (Å²) in [7, 11) is 3.33. The van der Waals surface area contributed by atoms with Crippen LogP contribution in [0.15, 0.2) is 82.4 Å². The summed E-state index contributed by atoms with van der Waals surface area (Å²) in [4.78, 5) is 40.5. The summed E-state index contributed by atoms with van der Waals surface area (Å²) in [5.41, 5.74) is 2.53. The number of carbonyl (C=O) groups excluding carboxylic acids is 1. The maximum atomic E-state index is 13.7. The number of aryl methyl sites for hydroxylation is 2. The first kappa shape index (κ1) is 22.2. The van der Waals surface area contributed by atoms with Crippen molar-refractivity contribution in [1.29, 1.82) is 0 Å². The van der Waals surface area contributed by atoms with E-state index >= 15 is 0 Å². The molecule has 8 nitrogen and oxygen atoms in total. The van der Waals surface area contributed by atoms with Gasteiger partial charge in [-0.2, -0.15) is 0 Å². The van der Waals surface area contributed by atoms with Gasteiger partial charge >= 0.3 is 5.69 Å². The Morgan fingerprint density at radius 1 is 0.943 bits per heavy atom. The van der Waals surface area contributed by atoms with Crippen molar-refractivity contribution < 1.29 is 9.53 Å². The number of aromatic nitrogens is 3. The third kappa shape index (κ3) is 3.78. The molecule has 0 spiro atoms. The topological polar surface area (TPSA) is 87.3 Å². The van der Waals surface area contributed by atoms with Crippen molar-refractivity contribution in [2.24, 2.45) is 7.05 Å². The third-order valence-electron chi connectivity index (χ3n) is 6.13. The lowest BCUT2D eigenvalue weighted by molar-refractivity contribution is -0.116. The van der Waals surface area contributed by atoms with Gasteiger partial charge in [-0.3, -0.25) is 14.2 Å². The Morgan fingerprint density at radius 2 is 1.66 bits per heavy atom. The fourth-order valence-corrected chi connectivity index (χ4v) is 4.39. The van der Waals surface area contributed by atoms with Crippen LogP contribution >= 0.6 is 0 Å². The van der Waals surface area contributed by atoms with E-state index in [4.69, 9.17) is 4.74 Å². The summed E-state index contributed by atoms with van der Waals surface area (Å²) in [5, 5.41) is 3.50. The van der Waals surface area contributed by atoms with Crippen LogP contribution in [0.5, 0.6) is 5.75 Å². The Kier molecular flexibility index (Phi) is 5.49. The predicted octanol–water partition coefficient (Wildman–Crippen LogP) is 3.60. The van der Waals surface area contributed by atoms with Gasteiger partial charge < -0.3 is 14.6 Å². The number of carbonyl (C=O) groups is 1. The number of para-hydroxylation sites is 1. The second kappa shape index (κ2) is 8.64. The van der Waals surface area contributed by atoms with Crippen LogP contribution in [0.25, 0.3) is 27.6 Å². The second-order valence-electron chi connectivity index (χ2n) is 8.40. The number of nitrogens with zero attached hydrogens (tertiary/aromatic N) is 3. The molecule has 0 fully saturated rings. The number of anilines is 1. The van der Waals surface area contributed by atoms with E-state index in [0.717, 1.165) is 15.6 Å². The first-order chi connectivity index (χ1) is 16.9. The van der Waals surface area contributed by atoms with E-state index in [-0.39, 0.29) is 12.5 Å². The predicted molar refractivity (Wildman–Crippen MR) is 137 cm³/mol. The molecule has 0 bridgehead atoms. The standard InChI is InChI=1S/C27H24N4O4/c1-17-9-11-18(12-10-17)28-23(32)16-30-24-21-15-20(35-3)13-14-22(21)29(2)25(24)26(33)31(27(30)34)19-7-5-4-6-8-19/h4-15H,16H2,1-3H3,(H,28,32). The molecule has 176 valence electrons. The zero-order valence-electron chi connectivity index (χ0n) is 19.6. The van der Waals surface area contributed by atoms with Crippen LogP contribution in [-0.4, -0.2) is 26.7 Å². The average molecular weight is 469 g/mol. The highest BCUT2D eigenvalue weighted by Gasteiger charge is 2.22. The fourth-order valence-electron chi connectivity index (χ4n) is 4.39. The maximum Gasteiger partial charge on any atom is 0.336 e. The molecule has 1 amide bonds. The minimum Gasteiger partial charge on any atom is -0.497 e. The lowest BCUT2D eigenvalue weighted by Gasteiger charge is -2.13. The number of benzene rings is 3. The van der Waals surface area contributed by atoms with E-state index in [1.54, 1.807) is 67.3 Å². The molecule has 2 heterocycles. The number of nitrogens with one attached hydrogen (secondary N) is 1. The molecule has 0 saturated carbocycles. The first-order valence-electron chi connectivity index (χ1n) is 11.1. The summed E-state index contributed by atoms with van der Waals surface area (Å²) >= 11 is 0. The van der Waals surface area contributed by atoms with Crippen molar-refractivity contribution >= 4 is 33.5 Å². The van der Waals surface area contributed by atoms with Crippen molar-refractivity contribution in [3.63, 3.8) is 0 Å². The molecule has 0 atom stereocenters. The number of methoxy groups -OCH3 is 1. The van der Waals surface area contributed by atoms with Gasteiger partial charge in [-0.05, 0) is 49.4 Å². The van der Waals surface area contributed by atoms with Crippen LogP contribution in [0.2, 0.25) is 0 Å². The van der Waals surface area contributed by atoms with Gasteiger partial charge in [-0.25, -0.2) is 9.36 Å². The molecule has 1 N–H and O–H groups in total. The molecule has 0 saturated heterocycles. The van der Waals surface area contributed by atoms with E-state index in [1.165, 1.54) is 4.57 Å². The van der Waals surface area contributed by atoms with Crippen LogP contribution in [0.1, 0.15) is 5.56 Å². The van der Waals surface area contributed by atoms with E-state index in [9.17, 15) is 14.4 Å². The fraction of sp³-hybridized carbons (Fsp3) is 0.148. The Morgan fingerprint density at radius 3 is 2.34 bits per heavy atom. The Bertz CT molecular complexity index is 1690. The normalized spacial score (nSPS) is 11.2. The first-order valence-corrected chi connectivity index (χ1v) is 11.1. The van der Waals surface area contributed by atoms with Crippen molar-refractivity contribution in [1.82, 2.24) is 13.7 Å². The highest BCUT2D eigenvalue weighted by molar-refractivity contribution is 6.07. The van der Waals surface area contributed by atoms with Crippen molar-refractivity contribution in [3.05, 3.63) is 99.2 Å². The molecule has 0 aliphatic heterocycles. The molecule has 0 radical (unpaired) electrons. The van der Waals surface area contributed by atoms with Gasteiger partial charge in [0.15, 0.2) is 0 Å². The van der Waals surface area contributed by atoms with Gasteiger partial charge in [0.1, 0.15) is 17.8 Å². The highest BCUT2D eigenvalue weighted by atomic mass is 16.5. The summed E-state index contributed by atoms with van der Waals surface area (Å²) < 4.78 is 9.60. The quantitative estimate of drug-likeness (QED) is 0.427. The van der Waals surface area contributed by atoms with Gasteiger partial charge in [-0.1, -0.05) is 35.9 Å². The van der Waals surface area contributed by atoms with Crippen molar-refractivity contribution in [2.75, 3.05) is 12.4 Å². The van der Waals surface area contributed by atoms with Crippen LogP contribution in [0.4, 0.5) is 5.69 Å². The number of ether oxygens (including phenoxy) is 1. The van der Waals surface area contributed by atoms with Crippen molar-refractivity contribution in [3.8, 4) is 11.4 Å². The molecule has 0 aliphatic carbocycles. The maximum absolute atomic E-state index is 13.7. The van der Waals surface area contributed by atoms with Gasteiger partial charge in [0.25, 0.3) is 5.56 Å². The highest BCUT2D eigenvalue weighted by Crippen LogP contribution is 2.29. The molecular weight excluding hydrogens is 444 g/mol. The third-order valence-corrected chi connectivity index (χ3v) is 6.13. The molecule has 35 heavy (non-hydrogen) atoms. The average Bonchev–Trinajstić information content (AvgIpc) is 3.15. The molecule has 5 rings (SSSR count). The van der Waals surface area contributed by atoms with Crippen LogP contribution < -0.4 is 21.3 Å². The number of rotatable bonds is 5. The Hall–Kier alpha value is -4.59. The summed E-state index contributed by atoms with van der Waals surface area (Å²) in [6.07, 6.45) is 0. The summed E-state index contributed by atoms with van der Waals surface area (Å²) in [6.45, 7) is 1.69. The van der Waals surface area contributed by atoms with Crippen LogP contribution in [0, 0.1) is 6.92 Å².